The second kappa shape index (κ2) is 8.68. The highest BCUT2D eigenvalue weighted by Crippen LogP contribution is 2.23. The molecule has 1 aromatic rings. The average Bonchev–Trinajstić information content (AvgIpc) is 2.55. The van der Waals surface area contributed by atoms with Gasteiger partial charge in [0.2, 0.25) is 0 Å². The minimum atomic E-state index is -0.131. The van der Waals surface area contributed by atoms with Gasteiger partial charge in [-0.2, -0.15) is 0 Å². The molecule has 25 heavy (non-hydrogen) atoms. The highest BCUT2D eigenvalue weighted by molar-refractivity contribution is 5.89. The van der Waals surface area contributed by atoms with Gasteiger partial charge in [0.05, 0.1) is 0 Å². The summed E-state index contributed by atoms with van der Waals surface area (Å²) in [6, 6.07) is 7.95. The summed E-state index contributed by atoms with van der Waals surface area (Å²) in [5, 5.41) is 5.90. The van der Waals surface area contributed by atoms with Crippen LogP contribution in [-0.4, -0.2) is 62.1 Å². The van der Waals surface area contributed by atoms with Crippen LogP contribution in [0.4, 0.5) is 10.5 Å². The van der Waals surface area contributed by atoms with Crippen molar-refractivity contribution in [2.24, 2.45) is 5.92 Å². The molecule has 0 radical (unpaired) electrons. The van der Waals surface area contributed by atoms with Crippen LogP contribution >= 0.6 is 0 Å². The van der Waals surface area contributed by atoms with Gasteiger partial charge < -0.3 is 20.4 Å². The van der Waals surface area contributed by atoms with Crippen molar-refractivity contribution >= 4 is 11.7 Å². The van der Waals surface area contributed by atoms with Gasteiger partial charge in [-0.3, -0.25) is 0 Å². The van der Waals surface area contributed by atoms with Gasteiger partial charge in [-0.25, -0.2) is 4.79 Å². The van der Waals surface area contributed by atoms with Crippen molar-refractivity contribution in [2.75, 3.05) is 51.6 Å². The molecule has 2 rings (SSSR count). The molecule has 2 amide bonds. The number of piperazine rings is 1. The molecule has 5 nitrogen and oxygen atoms in total. The monoisotopic (exact) mass is 346 g/mol. The third-order valence-corrected chi connectivity index (χ3v) is 4.79. The van der Waals surface area contributed by atoms with Crippen molar-refractivity contribution in [3.8, 4) is 0 Å². The molecule has 0 unspecified atom stereocenters. The van der Waals surface area contributed by atoms with Crippen LogP contribution in [0.2, 0.25) is 0 Å². The fraction of sp³-hybridized carbons (Fsp3) is 0.650. The maximum Gasteiger partial charge on any atom is 0.319 e. The molecule has 140 valence electrons. The normalized spacial score (nSPS) is 18.0. The Balaban J connectivity index is 1.71. The molecule has 5 heteroatoms. The van der Waals surface area contributed by atoms with Crippen molar-refractivity contribution in [1.29, 1.82) is 0 Å². The van der Waals surface area contributed by atoms with Crippen molar-refractivity contribution in [1.82, 2.24) is 15.1 Å². The summed E-state index contributed by atoms with van der Waals surface area (Å²) in [5.41, 5.74) is 2.22. The van der Waals surface area contributed by atoms with E-state index >= 15 is 0 Å². The largest absolute Gasteiger partial charge is 0.338 e. The first-order valence-electron chi connectivity index (χ1n) is 9.30. The molecule has 1 aliphatic heterocycles. The summed E-state index contributed by atoms with van der Waals surface area (Å²) in [6.45, 7) is 15.0. The van der Waals surface area contributed by atoms with Gasteiger partial charge >= 0.3 is 6.03 Å². The number of amides is 2. The maximum absolute atomic E-state index is 12.1. The van der Waals surface area contributed by atoms with Crippen LogP contribution in [0.15, 0.2) is 24.3 Å². The topological polar surface area (TPSA) is 47.6 Å². The third kappa shape index (κ3) is 6.67. The van der Waals surface area contributed by atoms with Gasteiger partial charge in [0.15, 0.2) is 0 Å². The summed E-state index contributed by atoms with van der Waals surface area (Å²) in [5.74, 6) is 0.442. The summed E-state index contributed by atoms with van der Waals surface area (Å²) >= 11 is 0. The summed E-state index contributed by atoms with van der Waals surface area (Å²) in [6.07, 6.45) is 0. The van der Waals surface area contributed by atoms with E-state index in [9.17, 15) is 4.79 Å². The van der Waals surface area contributed by atoms with E-state index in [1.807, 2.05) is 12.1 Å². The quantitative estimate of drug-likeness (QED) is 0.862. The fourth-order valence-electron chi connectivity index (χ4n) is 3.03. The smallest absolute Gasteiger partial charge is 0.319 e. The SMILES string of the molecule is C[C@@H](CNC(=O)Nc1ccc(C(C)(C)C)cc1)CN1CCN(C)CC1. The van der Waals surface area contributed by atoms with Crippen LogP contribution in [0.25, 0.3) is 0 Å². The zero-order valence-electron chi connectivity index (χ0n) is 16.4. The molecule has 0 aromatic heterocycles. The number of carbonyl (C=O) groups is 1. The van der Waals surface area contributed by atoms with Crippen molar-refractivity contribution < 1.29 is 4.79 Å². The molecule has 1 atom stereocenters. The van der Waals surface area contributed by atoms with E-state index in [0.29, 0.717) is 12.5 Å². The molecule has 0 saturated carbocycles. The van der Waals surface area contributed by atoms with Gasteiger partial charge in [-0.05, 0) is 36.1 Å². The molecule has 1 heterocycles. The number of benzene rings is 1. The Kier molecular flexibility index (Phi) is 6.85. The molecule has 1 aromatic carbocycles. The number of rotatable bonds is 5. The van der Waals surface area contributed by atoms with E-state index in [-0.39, 0.29) is 11.4 Å². The van der Waals surface area contributed by atoms with Crippen molar-refractivity contribution in [3.63, 3.8) is 0 Å². The van der Waals surface area contributed by atoms with Gasteiger partial charge in [0.25, 0.3) is 0 Å². The number of hydrogen-bond acceptors (Lipinski definition) is 3. The lowest BCUT2D eigenvalue weighted by Gasteiger charge is -2.33. The van der Waals surface area contributed by atoms with Gasteiger partial charge in [0, 0.05) is 45.0 Å². The first kappa shape index (κ1) is 19.7. The number of carbonyl (C=O) groups excluding carboxylic acids is 1. The highest BCUT2D eigenvalue weighted by atomic mass is 16.2. The number of likely N-dealkylation sites (N-methyl/N-ethyl adjacent to an activating group) is 1. The van der Waals surface area contributed by atoms with Crippen molar-refractivity contribution in [3.05, 3.63) is 29.8 Å². The number of nitrogens with zero attached hydrogens (tertiary/aromatic N) is 2. The number of nitrogens with one attached hydrogen (secondary N) is 2. The van der Waals surface area contributed by atoms with E-state index < -0.39 is 0 Å². The van der Waals surface area contributed by atoms with Crippen LogP contribution in [-0.2, 0) is 5.41 Å². The van der Waals surface area contributed by atoms with Gasteiger partial charge in [0.1, 0.15) is 0 Å². The molecule has 1 fully saturated rings. The fourth-order valence-corrected chi connectivity index (χ4v) is 3.03. The van der Waals surface area contributed by atoms with E-state index in [1.165, 1.54) is 5.56 Å². The molecule has 2 N–H and O–H groups in total. The van der Waals surface area contributed by atoms with Gasteiger partial charge in [-0.1, -0.05) is 39.8 Å². The molecular weight excluding hydrogens is 312 g/mol. The maximum atomic E-state index is 12.1. The second-order valence-electron chi connectivity index (χ2n) is 8.37. The lowest BCUT2D eigenvalue weighted by atomic mass is 9.87. The van der Waals surface area contributed by atoms with Crippen LogP contribution < -0.4 is 10.6 Å². The number of anilines is 1. The predicted molar refractivity (Wildman–Crippen MR) is 105 cm³/mol. The molecule has 0 aliphatic carbocycles. The summed E-state index contributed by atoms with van der Waals surface area (Å²) in [4.78, 5) is 16.9. The Morgan fingerprint density at radius 2 is 1.72 bits per heavy atom. The Hall–Kier alpha value is -1.59. The van der Waals surface area contributed by atoms with Crippen LogP contribution in [0.1, 0.15) is 33.3 Å². The average molecular weight is 347 g/mol. The Bertz CT molecular complexity index is 542. The summed E-state index contributed by atoms with van der Waals surface area (Å²) < 4.78 is 0. The first-order valence-corrected chi connectivity index (χ1v) is 9.30. The lowest BCUT2D eigenvalue weighted by molar-refractivity contribution is 0.138. The Morgan fingerprint density at radius 3 is 2.28 bits per heavy atom. The minimum Gasteiger partial charge on any atom is -0.338 e. The van der Waals surface area contributed by atoms with Crippen LogP contribution in [0.5, 0.6) is 0 Å². The zero-order chi connectivity index (χ0) is 18.4. The lowest BCUT2D eigenvalue weighted by Crippen LogP contribution is -2.47. The molecule has 0 spiro atoms. The van der Waals surface area contributed by atoms with Gasteiger partial charge in [-0.15, -0.1) is 0 Å². The third-order valence-electron chi connectivity index (χ3n) is 4.79. The van der Waals surface area contributed by atoms with E-state index in [1.54, 1.807) is 0 Å². The highest BCUT2D eigenvalue weighted by Gasteiger charge is 2.17. The molecular formula is C20H34N4O. The molecule has 1 saturated heterocycles. The summed E-state index contributed by atoms with van der Waals surface area (Å²) in [7, 11) is 2.17. The number of urea groups is 1. The number of hydrogen-bond donors (Lipinski definition) is 2. The van der Waals surface area contributed by atoms with E-state index in [0.717, 1.165) is 38.4 Å². The first-order chi connectivity index (χ1) is 11.7. The minimum absolute atomic E-state index is 0.124. The van der Waals surface area contributed by atoms with Crippen molar-refractivity contribution in [2.45, 2.75) is 33.1 Å². The Labute approximate surface area is 152 Å². The standard InChI is InChI=1S/C20H34N4O/c1-16(15-24-12-10-23(5)11-13-24)14-21-19(25)22-18-8-6-17(7-9-18)20(2,3)4/h6-9,16H,10-15H2,1-5H3,(H2,21,22,25)/t16-/m0/s1. The molecule has 0 bridgehead atoms. The van der Waals surface area contributed by atoms with E-state index in [4.69, 9.17) is 0 Å². The molecule has 1 aliphatic rings. The van der Waals surface area contributed by atoms with E-state index in [2.05, 4.69) is 67.3 Å². The zero-order valence-corrected chi connectivity index (χ0v) is 16.4. The predicted octanol–water partition coefficient (Wildman–Crippen LogP) is 2.99. The van der Waals surface area contributed by atoms with Crippen LogP contribution in [0.3, 0.4) is 0 Å². The second-order valence-corrected chi connectivity index (χ2v) is 8.37. The van der Waals surface area contributed by atoms with Crippen LogP contribution in [0, 0.1) is 5.92 Å². The Morgan fingerprint density at radius 1 is 1.12 bits per heavy atom.